The molecule has 0 aliphatic carbocycles. The van der Waals surface area contributed by atoms with Crippen LogP contribution in [0.5, 0.6) is 0 Å². The summed E-state index contributed by atoms with van der Waals surface area (Å²) in [4.78, 5) is 20.8. The van der Waals surface area contributed by atoms with Crippen molar-refractivity contribution in [3.05, 3.63) is 27.6 Å². The minimum absolute atomic E-state index is 0.0698. The van der Waals surface area contributed by atoms with E-state index in [0.717, 1.165) is 0 Å². The largest absolute Gasteiger partial charge is 0.348 e. The van der Waals surface area contributed by atoms with Gasteiger partial charge < -0.3 is 9.88 Å². The van der Waals surface area contributed by atoms with E-state index in [2.05, 4.69) is 15.3 Å². The number of piperidine rings is 1. The number of amides is 1. The van der Waals surface area contributed by atoms with Gasteiger partial charge in [-0.05, 0) is 19.8 Å². The maximum atomic E-state index is 12.7. The van der Waals surface area contributed by atoms with Crippen LogP contribution in [0.2, 0.25) is 5.15 Å². The van der Waals surface area contributed by atoms with E-state index < -0.39 is 10.0 Å². The molecule has 1 aliphatic heterocycles. The second-order valence-corrected chi connectivity index (χ2v) is 8.94. The molecule has 1 fully saturated rings. The van der Waals surface area contributed by atoms with Gasteiger partial charge in [-0.3, -0.25) is 4.79 Å². The Morgan fingerprint density at radius 2 is 2.04 bits per heavy atom. The molecule has 0 bridgehead atoms. The van der Waals surface area contributed by atoms with Crippen LogP contribution in [-0.2, 0) is 17.1 Å². The average Bonchev–Trinajstić information content (AvgIpc) is 3.14. The van der Waals surface area contributed by atoms with Gasteiger partial charge in [-0.15, -0.1) is 11.3 Å². The molecule has 2 aromatic rings. The number of hydrogen-bond donors (Lipinski definition) is 1. The highest BCUT2D eigenvalue weighted by atomic mass is 35.5. The Hall–Kier alpha value is -1.49. The number of aromatic nitrogens is 3. The van der Waals surface area contributed by atoms with Crippen molar-refractivity contribution in [2.75, 3.05) is 13.1 Å². The van der Waals surface area contributed by atoms with Crippen LogP contribution < -0.4 is 5.32 Å². The summed E-state index contributed by atoms with van der Waals surface area (Å²) in [5.74, 6) is -0.158. The van der Waals surface area contributed by atoms with E-state index in [1.165, 1.54) is 26.5 Å². The number of imidazole rings is 1. The van der Waals surface area contributed by atoms with Crippen molar-refractivity contribution in [1.29, 1.82) is 0 Å². The van der Waals surface area contributed by atoms with Crippen molar-refractivity contribution >= 4 is 38.9 Å². The smallest absolute Gasteiger partial charge is 0.263 e. The van der Waals surface area contributed by atoms with Gasteiger partial charge in [-0.1, -0.05) is 11.6 Å². The number of hydrogen-bond acceptors (Lipinski definition) is 6. The van der Waals surface area contributed by atoms with Crippen LogP contribution in [-0.4, -0.2) is 52.3 Å². The molecular formula is C14H18ClN5O3S2. The van der Waals surface area contributed by atoms with Gasteiger partial charge in [0.05, 0.1) is 17.5 Å². The lowest BCUT2D eigenvalue weighted by atomic mass is 10.1. The monoisotopic (exact) mass is 403 g/mol. The third kappa shape index (κ3) is 3.57. The number of nitrogens with one attached hydrogen (secondary N) is 1. The zero-order valence-corrected chi connectivity index (χ0v) is 16.2. The fourth-order valence-corrected chi connectivity index (χ4v) is 5.26. The van der Waals surface area contributed by atoms with Crippen molar-refractivity contribution in [2.45, 2.75) is 30.8 Å². The summed E-state index contributed by atoms with van der Waals surface area (Å²) < 4.78 is 28.1. The lowest BCUT2D eigenvalue weighted by molar-refractivity contribution is 0.0927. The normalized spacial score (nSPS) is 16.9. The summed E-state index contributed by atoms with van der Waals surface area (Å²) >= 11 is 7.31. The van der Waals surface area contributed by atoms with Crippen molar-refractivity contribution in [3.8, 4) is 0 Å². The molecule has 0 unspecified atom stereocenters. The van der Waals surface area contributed by atoms with Crippen molar-refractivity contribution < 1.29 is 13.2 Å². The molecule has 3 rings (SSSR count). The first kappa shape index (κ1) is 18.3. The maximum absolute atomic E-state index is 12.7. The summed E-state index contributed by atoms with van der Waals surface area (Å²) in [5.41, 5.74) is 2.34. The average molecular weight is 404 g/mol. The van der Waals surface area contributed by atoms with Gasteiger partial charge in [0.15, 0.2) is 0 Å². The standard InChI is InChI=1S/C14H18ClN5O3S2/c1-9-11(24-8-17-9)13(21)18-10-3-5-20(6-4-10)25(22,23)14-12(15)19(2)7-16-14/h7-8,10H,3-6H2,1-2H3,(H,18,21). The van der Waals surface area contributed by atoms with Gasteiger partial charge in [-0.25, -0.2) is 18.4 Å². The lowest BCUT2D eigenvalue weighted by Gasteiger charge is -2.31. The number of carbonyl (C=O) groups is 1. The molecule has 0 spiro atoms. The summed E-state index contributed by atoms with van der Waals surface area (Å²) in [7, 11) is -2.09. The minimum Gasteiger partial charge on any atom is -0.348 e. The molecule has 8 nitrogen and oxygen atoms in total. The zero-order valence-electron chi connectivity index (χ0n) is 13.8. The molecule has 0 atom stereocenters. The van der Waals surface area contributed by atoms with E-state index >= 15 is 0 Å². The van der Waals surface area contributed by atoms with Crippen LogP contribution in [0.3, 0.4) is 0 Å². The Morgan fingerprint density at radius 3 is 2.56 bits per heavy atom. The second-order valence-electron chi connectivity index (χ2n) is 5.87. The molecule has 136 valence electrons. The van der Waals surface area contributed by atoms with E-state index in [1.54, 1.807) is 19.5 Å². The first-order valence-corrected chi connectivity index (χ1v) is 10.4. The quantitative estimate of drug-likeness (QED) is 0.832. The van der Waals surface area contributed by atoms with Gasteiger partial charge >= 0.3 is 0 Å². The predicted octanol–water partition coefficient (Wildman–Crippen LogP) is 1.42. The lowest BCUT2D eigenvalue weighted by Crippen LogP contribution is -2.46. The number of aryl methyl sites for hydroxylation is 2. The molecule has 1 saturated heterocycles. The summed E-state index contributed by atoms with van der Waals surface area (Å²) in [6, 6.07) is -0.0698. The Kier molecular flexibility index (Phi) is 5.14. The molecule has 1 aliphatic rings. The van der Waals surface area contributed by atoms with Crippen LogP contribution in [0.4, 0.5) is 0 Å². The van der Waals surface area contributed by atoms with Gasteiger partial charge in [0, 0.05) is 26.2 Å². The van der Waals surface area contributed by atoms with Crippen molar-refractivity contribution in [2.24, 2.45) is 7.05 Å². The van der Waals surface area contributed by atoms with Crippen LogP contribution in [0.1, 0.15) is 28.2 Å². The summed E-state index contributed by atoms with van der Waals surface area (Å²) in [6.45, 7) is 2.40. The number of sulfonamides is 1. The highest BCUT2D eigenvalue weighted by Gasteiger charge is 2.33. The van der Waals surface area contributed by atoms with E-state index in [4.69, 9.17) is 11.6 Å². The number of carbonyl (C=O) groups excluding carboxylic acids is 1. The second kappa shape index (κ2) is 7.02. The fraction of sp³-hybridized carbons (Fsp3) is 0.500. The Morgan fingerprint density at radius 1 is 1.36 bits per heavy atom. The van der Waals surface area contributed by atoms with Crippen LogP contribution in [0.15, 0.2) is 16.9 Å². The fourth-order valence-electron chi connectivity index (χ4n) is 2.70. The molecule has 1 N–H and O–H groups in total. The molecule has 25 heavy (non-hydrogen) atoms. The van der Waals surface area contributed by atoms with Gasteiger partial charge in [0.1, 0.15) is 10.0 Å². The minimum atomic E-state index is -3.72. The van der Waals surface area contributed by atoms with E-state index in [9.17, 15) is 13.2 Å². The molecule has 1 amide bonds. The van der Waals surface area contributed by atoms with Crippen LogP contribution in [0, 0.1) is 6.92 Å². The molecule has 3 heterocycles. The third-order valence-electron chi connectivity index (χ3n) is 4.16. The molecule has 2 aromatic heterocycles. The Bertz CT molecular complexity index is 884. The van der Waals surface area contributed by atoms with Crippen molar-refractivity contribution in [3.63, 3.8) is 0 Å². The summed E-state index contributed by atoms with van der Waals surface area (Å²) in [5, 5.41) is 2.92. The number of thiazole rings is 1. The van der Waals surface area contributed by atoms with Gasteiger partial charge in [0.25, 0.3) is 15.9 Å². The number of nitrogens with zero attached hydrogens (tertiary/aromatic N) is 4. The molecule has 11 heteroatoms. The number of halogens is 1. The molecule has 0 radical (unpaired) electrons. The maximum Gasteiger partial charge on any atom is 0.263 e. The SMILES string of the molecule is Cc1ncsc1C(=O)NC1CCN(S(=O)(=O)c2ncn(C)c2Cl)CC1. The Balaban J connectivity index is 1.63. The van der Waals surface area contributed by atoms with Gasteiger partial charge in [-0.2, -0.15) is 4.31 Å². The molecule has 0 saturated carbocycles. The van der Waals surface area contributed by atoms with Crippen molar-refractivity contribution in [1.82, 2.24) is 24.2 Å². The highest BCUT2D eigenvalue weighted by Crippen LogP contribution is 2.25. The Labute approximate surface area is 154 Å². The molecular weight excluding hydrogens is 386 g/mol. The topological polar surface area (TPSA) is 97.2 Å². The van der Waals surface area contributed by atoms with Gasteiger partial charge in [0.2, 0.25) is 5.03 Å². The first-order valence-electron chi connectivity index (χ1n) is 7.68. The van der Waals surface area contributed by atoms with Crippen LogP contribution >= 0.6 is 22.9 Å². The summed E-state index contributed by atoms with van der Waals surface area (Å²) in [6.07, 6.45) is 2.44. The first-order chi connectivity index (χ1) is 11.8. The zero-order chi connectivity index (χ0) is 18.2. The third-order valence-corrected chi connectivity index (χ3v) is 7.48. The van der Waals surface area contributed by atoms with E-state index in [-0.39, 0.29) is 22.1 Å². The van der Waals surface area contributed by atoms with Crippen LogP contribution in [0.25, 0.3) is 0 Å². The highest BCUT2D eigenvalue weighted by molar-refractivity contribution is 7.89. The molecule has 0 aromatic carbocycles. The van der Waals surface area contributed by atoms with E-state index in [0.29, 0.717) is 36.5 Å². The predicted molar refractivity (Wildman–Crippen MR) is 94.3 cm³/mol. The van der Waals surface area contributed by atoms with E-state index in [1.807, 2.05) is 0 Å². The number of rotatable bonds is 4.